The van der Waals surface area contributed by atoms with Crippen molar-refractivity contribution in [2.45, 2.75) is 11.8 Å². The van der Waals surface area contributed by atoms with Gasteiger partial charge in [-0.2, -0.15) is 0 Å². The summed E-state index contributed by atoms with van der Waals surface area (Å²) in [5.41, 5.74) is 5.48. The first kappa shape index (κ1) is 12.8. The van der Waals surface area contributed by atoms with E-state index in [0.29, 0.717) is 17.2 Å². The lowest BCUT2D eigenvalue weighted by molar-refractivity contribution is -0.126. The van der Waals surface area contributed by atoms with Crippen LogP contribution in [0.5, 0.6) is 0 Å². The molecule has 0 aliphatic heterocycles. The Labute approximate surface area is 98.8 Å². The first-order valence-corrected chi connectivity index (χ1v) is 5.95. The van der Waals surface area contributed by atoms with Gasteiger partial charge in [-0.05, 0) is 25.1 Å². The van der Waals surface area contributed by atoms with Crippen molar-refractivity contribution >= 4 is 23.4 Å². The zero-order valence-corrected chi connectivity index (χ0v) is 10.2. The van der Waals surface area contributed by atoms with E-state index < -0.39 is 5.82 Å². The van der Waals surface area contributed by atoms with E-state index >= 15 is 0 Å². The van der Waals surface area contributed by atoms with E-state index in [2.05, 4.69) is 0 Å². The van der Waals surface area contributed by atoms with Gasteiger partial charge in [0.2, 0.25) is 5.91 Å². The molecule has 16 heavy (non-hydrogen) atoms. The fourth-order valence-corrected chi connectivity index (χ4v) is 1.89. The zero-order chi connectivity index (χ0) is 12.1. The van der Waals surface area contributed by atoms with Gasteiger partial charge in [0, 0.05) is 18.5 Å². The second-order valence-corrected chi connectivity index (χ2v) is 4.43. The number of rotatable bonds is 4. The summed E-state index contributed by atoms with van der Waals surface area (Å²) in [6.07, 6.45) is 0. The van der Waals surface area contributed by atoms with Crippen LogP contribution in [0.15, 0.2) is 23.1 Å². The van der Waals surface area contributed by atoms with Crippen molar-refractivity contribution in [1.29, 1.82) is 0 Å². The molecule has 3 nitrogen and oxygen atoms in total. The molecule has 1 aromatic carbocycles. The van der Waals surface area contributed by atoms with Crippen LogP contribution in [0.4, 0.5) is 10.1 Å². The number of carbonyl (C=O) groups excluding carboxylic acids is 1. The van der Waals surface area contributed by atoms with Crippen LogP contribution in [-0.2, 0) is 4.79 Å². The number of benzene rings is 1. The van der Waals surface area contributed by atoms with Crippen LogP contribution < -0.4 is 5.73 Å². The minimum absolute atomic E-state index is 0.0322. The van der Waals surface area contributed by atoms with Crippen molar-refractivity contribution in [1.82, 2.24) is 4.90 Å². The fraction of sp³-hybridized carbons (Fsp3) is 0.364. The highest BCUT2D eigenvalue weighted by molar-refractivity contribution is 8.00. The maximum absolute atomic E-state index is 13.1. The number of nitrogen functional groups attached to an aromatic ring is 1. The summed E-state index contributed by atoms with van der Waals surface area (Å²) in [5, 5.41) is 0. The molecule has 0 unspecified atom stereocenters. The zero-order valence-electron chi connectivity index (χ0n) is 9.37. The van der Waals surface area contributed by atoms with Crippen molar-refractivity contribution in [3.63, 3.8) is 0 Å². The first-order chi connectivity index (χ1) is 7.54. The quantitative estimate of drug-likeness (QED) is 0.648. The van der Waals surface area contributed by atoms with Crippen molar-refractivity contribution in [3.05, 3.63) is 24.0 Å². The van der Waals surface area contributed by atoms with Crippen molar-refractivity contribution in [3.8, 4) is 0 Å². The van der Waals surface area contributed by atoms with E-state index in [1.165, 1.54) is 23.9 Å². The van der Waals surface area contributed by atoms with Crippen LogP contribution in [0.1, 0.15) is 6.92 Å². The molecule has 0 heterocycles. The largest absolute Gasteiger partial charge is 0.396 e. The van der Waals surface area contributed by atoms with E-state index in [9.17, 15) is 9.18 Å². The first-order valence-electron chi connectivity index (χ1n) is 4.96. The smallest absolute Gasteiger partial charge is 0.232 e. The number of carbonyl (C=O) groups is 1. The minimum atomic E-state index is -0.443. The van der Waals surface area contributed by atoms with E-state index in [1.807, 2.05) is 6.92 Å². The number of amides is 1. The molecule has 0 bridgehead atoms. The Morgan fingerprint density at radius 2 is 2.25 bits per heavy atom. The van der Waals surface area contributed by atoms with Crippen LogP contribution in [0.25, 0.3) is 0 Å². The van der Waals surface area contributed by atoms with Crippen molar-refractivity contribution < 1.29 is 9.18 Å². The average molecular weight is 242 g/mol. The van der Waals surface area contributed by atoms with Crippen molar-refractivity contribution in [2.75, 3.05) is 25.1 Å². The van der Waals surface area contributed by atoms with Gasteiger partial charge in [0.1, 0.15) is 5.82 Å². The lowest BCUT2D eigenvalue weighted by Gasteiger charge is -2.13. The molecule has 0 spiro atoms. The molecule has 0 saturated carbocycles. The molecule has 1 aromatic rings. The highest BCUT2D eigenvalue weighted by Crippen LogP contribution is 2.22. The monoisotopic (exact) mass is 242 g/mol. The number of thioether (sulfide) groups is 1. The van der Waals surface area contributed by atoms with Crippen LogP contribution in [-0.4, -0.2) is 30.2 Å². The lowest BCUT2D eigenvalue weighted by atomic mass is 10.3. The summed E-state index contributed by atoms with van der Waals surface area (Å²) < 4.78 is 13.1. The molecule has 1 amide bonds. The van der Waals surface area contributed by atoms with Crippen LogP contribution in [0, 0.1) is 5.82 Å². The normalized spacial score (nSPS) is 10.2. The third-order valence-corrected chi connectivity index (χ3v) is 3.21. The van der Waals surface area contributed by atoms with E-state index in [1.54, 1.807) is 18.0 Å². The second-order valence-electron chi connectivity index (χ2n) is 3.38. The number of halogens is 1. The summed E-state index contributed by atoms with van der Waals surface area (Å²) in [5.74, 6) is -0.0979. The Balaban J connectivity index is 2.55. The van der Waals surface area contributed by atoms with Gasteiger partial charge in [0.15, 0.2) is 0 Å². The summed E-state index contributed by atoms with van der Waals surface area (Å²) in [6, 6.07) is 4.56. The number of hydrogen-bond acceptors (Lipinski definition) is 3. The third-order valence-electron chi connectivity index (χ3n) is 2.23. The predicted molar refractivity (Wildman–Crippen MR) is 64.8 cm³/mol. The topological polar surface area (TPSA) is 46.3 Å². The number of nitrogens with zero attached hydrogens (tertiary/aromatic N) is 1. The molecule has 0 saturated heterocycles. The highest BCUT2D eigenvalue weighted by Gasteiger charge is 2.08. The van der Waals surface area contributed by atoms with Crippen LogP contribution >= 0.6 is 11.8 Å². The lowest BCUT2D eigenvalue weighted by Crippen LogP contribution is -2.27. The number of hydrogen-bond donors (Lipinski definition) is 1. The standard InChI is InChI=1S/C11H15FN2OS/c1-3-14(2)11(15)7-16-8-4-5-10(13)9(12)6-8/h4-6H,3,7,13H2,1-2H3. The van der Waals surface area contributed by atoms with E-state index in [0.717, 1.165) is 0 Å². The summed E-state index contributed by atoms with van der Waals surface area (Å²) in [4.78, 5) is 13.8. The predicted octanol–water partition coefficient (Wildman–Crippen LogP) is 1.98. The van der Waals surface area contributed by atoms with Crippen molar-refractivity contribution in [2.24, 2.45) is 0 Å². The van der Waals surface area contributed by atoms with Gasteiger partial charge in [0.25, 0.3) is 0 Å². The molecular formula is C11H15FN2OS. The van der Waals surface area contributed by atoms with Gasteiger partial charge in [-0.1, -0.05) is 0 Å². The Hall–Kier alpha value is -1.23. The summed E-state index contributed by atoms with van der Waals surface area (Å²) in [6.45, 7) is 2.58. The molecule has 0 atom stereocenters. The Kier molecular flexibility index (Phi) is 4.61. The SMILES string of the molecule is CCN(C)C(=O)CSc1ccc(N)c(F)c1. The molecule has 5 heteroatoms. The molecule has 1 rings (SSSR count). The van der Waals surface area contributed by atoms with E-state index in [4.69, 9.17) is 5.73 Å². The summed E-state index contributed by atoms with van der Waals surface area (Å²) >= 11 is 1.31. The maximum Gasteiger partial charge on any atom is 0.232 e. The van der Waals surface area contributed by atoms with Gasteiger partial charge < -0.3 is 10.6 Å². The number of anilines is 1. The Bertz CT molecular complexity index is 384. The van der Waals surface area contributed by atoms with Gasteiger partial charge in [-0.3, -0.25) is 4.79 Å². The molecule has 2 N–H and O–H groups in total. The summed E-state index contributed by atoms with van der Waals surface area (Å²) in [7, 11) is 1.74. The highest BCUT2D eigenvalue weighted by atomic mass is 32.2. The third kappa shape index (κ3) is 3.41. The van der Waals surface area contributed by atoms with Crippen LogP contribution in [0.2, 0.25) is 0 Å². The molecular weight excluding hydrogens is 227 g/mol. The Morgan fingerprint density at radius 3 is 2.81 bits per heavy atom. The fourth-order valence-electron chi connectivity index (χ4n) is 1.03. The molecule has 0 aromatic heterocycles. The maximum atomic E-state index is 13.1. The molecule has 88 valence electrons. The van der Waals surface area contributed by atoms with Gasteiger partial charge in [-0.15, -0.1) is 11.8 Å². The number of nitrogens with two attached hydrogens (primary N) is 1. The van der Waals surface area contributed by atoms with Crippen LogP contribution in [0.3, 0.4) is 0 Å². The van der Waals surface area contributed by atoms with Gasteiger partial charge in [-0.25, -0.2) is 4.39 Å². The second kappa shape index (κ2) is 5.75. The Morgan fingerprint density at radius 1 is 1.56 bits per heavy atom. The molecule has 0 fully saturated rings. The van der Waals surface area contributed by atoms with Gasteiger partial charge >= 0.3 is 0 Å². The van der Waals surface area contributed by atoms with E-state index in [-0.39, 0.29) is 11.6 Å². The average Bonchev–Trinajstić information content (AvgIpc) is 2.29. The molecule has 0 radical (unpaired) electrons. The minimum Gasteiger partial charge on any atom is -0.396 e. The molecule has 0 aliphatic carbocycles. The molecule has 0 aliphatic rings. The van der Waals surface area contributed by atoms with Gasteiger partial charge in [0.05, 0.1) is 11.4 Å².